The number of fused-ring (bicyclic) bond motifs is 2. The number of rotatable bonds is 4. The van der Waals surface area contributed by atoms with Gasteiger partial charge >= 0.3 is 0 Å². The standard InChI is InChI=1S/C37H44N4O/c1-25-14-16-38-34(20-25)40-18-8-10-26-12-13-28(23-32(26)40)42-29-22-31(37(5,6)7)30-11-9-19-41(33(30)24-29)35-21-27(15-17-39-35)36(2,3)4/h12-17,20-24H,8-11,18-19H2,1-7H3. The molecule has 4 heterocycles. The second-order valence-corrected chi connectivity index (χ2v) is 14.0. The molecule has 42 heavy (non-hydrogen) atoms. The number of nitrogens with zero attached hydrogens (tertiary/aromatic N) is 4. The maximum Gasteiger partial charge on any atom is 0.133 e. The Labute approximate surface area is 251 Å². The van der Waals surface area contributed by atoms with Crippen LogP contribution in [0.2, 0.25) is 0 Å². The van der Waals surface area contributed by atoms with Crippen LogP contribution in [-0.2, 0) is 23.7 Å². The Hall–Kier alpha value is -3.86. The first-order valence-corrected chi connectivity index (χ1v) is 15.4. The lowest BCUT2D eigenvalue weighted by Crippen LogP contribution is -2.28. The van der Waals surface area contributed by atoms with Crippen molar-refractivity contribution in [3.63, 3.8) is 0 Å². The molecule has 0 unspecified atom stereocenters. The molecule has 0 fully saturated rings. The van der Waals surface area contributed by atoms with Crippen LogP contribution in [0.15, 0.2) is 67.0 Å². The first-order chi connectivity index (χ1) is 20.0. The van der Waals surface area contributed by atoms with E-state index in [-0.39, 0.29) is 10.8 Å². The molecule has 0 bridgehead atoms. The van der Waals surface area contributed by atoms with E-state index in [1.165, 1.54) is 39.2 Å². The number of hydrogen-bond acceptors (Lipinski definition) is 5. The van der Waals surface area contributed by atoms with Gasteiger partial charge < -0.3 is 14.5 Å². The van der Waals surface area contributed by atoms with Crippen LogP contribution in [0, 0.1) is 6.92 Å². The predicted octanol–water partition coefficient (Wildman–Crippen LogP) is 9.34. The Kier molecular flexibility index (Phi) is 7.24. The first-order valence-electron chi connectivity index (χ1n) is 15.4. The van der Waals surface area contributed by atoms with Crippen molar-refractivity contribution in [2.24, 2.45) is 0 Å². The third kappa shape index (κ3) is 5.62. The highest BCUT2D eigenvalue weighted by Crippen LogP contribution is 2.44. The van der Waals surface area contributed by atoms with Gasteiger partial charge in [-0.05, 0) is 108 Å². The van der Waals surface area contributed by atoms with Gasteiger partial charge in [0.05, 0.1) is 0 Å². The fourth-order valence-corrected chi connectivity index (χ4v) is 6.33. The van der Waals surface area contributed by atoms with Gasteiger partial charge in [0.1, 0.15) is 23.1 Å². The van der Waals surface area contributed by atoms with Crippen molar-refractivity contribution in [2.75, 3.05) is 22.9 Å². The van der Waals surface area contributed by atoms with E-state index in [9.17, 15) is 0 Å². The predicted molar refractivity (Wildman–Crippen MR) is 174 cm³/mol. The van der Waals surface area contributed by atoms with Gasteiger partial charge in [-0.25, -0.2) is 9.97 Å². The molecule has 0 N–H and O–H groups in total. The van der Waals surface area contributed by atoms with E-state index in [1.54, 1.807) is 0 Å². The average molecular weight is 561 g/mol. The summed E-state index contributed by atoms with van der Waals surface area (Å²) in [4.78, 5) is 14.3. The summed E-state index contributed by atoms with van der Waals surface area (Å²) in [5.74, 6) is 3.73. The van der Waals surface area contributed by atoms with Crippen LogP contribution in [0.5, 0.6) is 11.5 Å². The maximum absolute atomic E-state index is 6.72. The van der Waals surface area contributed by atoms with Gasteiger partial charge in [-0.2, -0.15) is 0 Å². The van der Waals surface area contributed by atoms with Gasteiger partial charge in [0, 0.05) is 49.0 Å². The normalized spacial score (nSPS) is 15.3. The van der Waals surface area contributed by atoms with Gasteiger partial charge in [-0.1, -0.05) is 47.6 Å². The summed E-state index contributed by atoms with van der Waals surface area (Å²) in [6.07, 6.45) is 8.21. The zero-order chi connectivity index (χ0) is 29.6. The topological polar surface area (TPSA) is 41.5 Å². The van der Waals surface area contributed by atoms with E-state index in [2.05, 4.69) is 113 Å². The van der Waals surface area contributed by atoms with Crippen LogP contribution in [0.1, 0.15) is 82.2 Å². The number of hydrogen-bond donors (Lipinski definition) is 0. The lowest BCUT2D eigenvalue weighted by Gasteiger charge is -2.35. The van der Waals surface area contributed by atoms with Crippen LogP contribution in [0.4, 0.5) is 23.0 Å². The van der Waals surface area contributed by atoms with Gasteiger partial charge in [0.25, 0.3) is 0 Å². The summed E-state index contributed by atoms with van der Waals surface area (Å²) < 4.78 is 6.72. The molecular formula is C37H44N4O. The molecule has 0 radical (unpaired) electrons. The maximum atomic E-state index is 6.72. The molecule has 0 saturated heterocycles. The molecule has 2 aromatic carbocycles. The number of benzene rings is 2. The number of aryl methyl sites for hydroxylation is 2. The fourth-order valence-electron chi connectivity index (χ4n) is 6.33. The van der Waals surface area contributed by atoms with Crippen molar-refractivity contribution in [3.8, 4) is 11.5 Å². The van der Waals surface area contributed by atoms with Crippen LogP contribution in [-0.4, -0.2) is 23.1 Å². The summed E-state index contributed by atoms with van der Waals surface area (Å²) in [7, 11) is 0. The molecule has 2 aliphatic rings. The summed E-state index contributed by atoms with van der Waals surface area (Å²) in [6, 6.07) is 19.7. The van der Waals surface area contributed by atoms with Crippen molar-refractivity contribution < 1.29 is 4.74 Å². The highest BCUT2D eigenvalue weighted by atomic mass is 16.5. The number of pyridine rings is 2. The van der Waals surface area contributed by atoms with Crippen molar-refractivity contribution in [1.82, 2.24) is 9.97 Å². The highest BCUT2D eigenvalue weighted by Gasteiger charge is 2.29. The Morgan fingerprint density at radius 1 is 0.667 bits per heavy atom. The fraction of sp³-hybridized carbons (Fsp3) is 0.405. The molecule has 6 rings (SSSR count). The summed E-state index contributed by atoms with van der Waals surface area (Å²) in [5, 5.41) is 0. The van der Waals surface area contributed by atoms with Crippen molar-refractivity contribution in [3.05, 3.63) is 94.8 Å². The van der Waals surface area contributed by atoms with Gasteiger partial charge in [-0.3, -0.25) is 0 Å². The zero-order valence-corrected chi connectivity index (χ0v) is 26.3. The van der Waals surface area contributed by atoms with E-state index in [0.717, 1.165) is 61.9 Å². The minimum atomic E-state index is -0.0172. The highest BCUT2D eigenvalue weighted by molar-refractivity contribution is 5.71. The van der Waals surface area contributed by atoms with Gasteiger partial charge in [0.15, 0.2) is 0 Å². The molecule has 5 heteroatoms. The van der Waals surface area contributed by atoms with E-state index >= 15 is 0 Å². The number of aromatic nitrogens is 2. The smallest absolute Gasteiger partial charge is 0.133 e. The second kappa shape index (κ2) is 10.8. The lowest BCUT2D eigenvalue weighted by atomic mass is 9.80. The van der Waals surface area contributed by atoms with E-state index < -0.39 is 0 Å². The Balaban J connectivity index is 1.40. The first kappa shape index (κ1) is 28.3. The third-order valence-corrected chi connectivity index (χ3v) is 8.58. The Morgan fingerprint density at radius 3 is 2.05 bits per heavy atom. The molecule has 0 aliphatic carbocycles. The molecule has 0 spiro atoms. The molecule has 2 aromatic heterocycles. The SMILES string of the molecule is Cc1ccnc(N2CCCc3ccc(Oc4cc5c(c(C(C)(C)C)c4)CCCN5c4cc(C(C)(C)C)ccn4)cc32)c1. The second-order valence-electron chi connectivity index (χ2n) is 14.0. The van der Waals surface area contributed by atoms with Gasteiger partial charge in [-0.15, -0.1) is 0 Å². The van der Waals surface area contributed by atoms with Crippen molar-refractivity contribution in [1.29, 1.82) is 0 Å². The van der Waals surface area contributed by atoms with E-state index in [4.69, 9.17) is 14.7 Å². The lowest BCUT2D eigenvalue weighted by molar-refractivity contribution is 0.476. The van der Waals surface area contributed by atoms with Gasteiger partial charge in [0.2, 0.25) is 0 Å². The van der Waals surface area contributed by atoms with Crippen LogP contribution >= 0.6 is 0 Å². The average Bonchev–Trinajstić information content (AvgIpc) is 2.95. The molecule has 2 aliphatic heterocycles. The van der Waals surface area contributed by atoms with E-state index in [1.807, 2.05) is 12.4 Å². The van der Waals surface area contributed by atoms with Crippen LogP contribution in [0.25, 0.3) is 0 Å². The summed E-state index contributed by atoms with van der Waals surface area (Å²) in [5.41, 5.74) is 9.06. The molecule has 4 aromatic rings. The zero-order valence-electron chi connectivity index (χ0n) is 26.3. The Morgan fingerprint density at radius 2 is 1.33 bits per heavy atom. The van der Waals surface area contributed by atoms with Crippen molar-refractivity contribution in [2.45, 2.75) is 85.0 Å². The minimum Gasteiger partial charge on any atom is -0.457 e. The van der Waals surface area contributed by atoms with Crippen LogP contribution in [0.3, 0.4) is 0 Å². The molecule has 0 saturated carbocycles. The molecular weight excluding hydrogens is 516 g/mol. The quantitative estimate of drug-likeness (QED) is 0.249. The minimum absolute atomic E-state index is 0.0172. The monoisotopic (exact) mass is 560 g/mol. The summed E-state index contributed by atoms with van der Waals surface area (Å²) >= 11 is 0. The largest absolute Gasteiger partial charge is 0.457 e. The molecule has 218 valence electrons. The molecule has 0 amide bonds. The van der Waals surface area contributed by atoms with E-state index in [0.29, 0.717) is 0 Å². The Bertz CT molecular complexity index is 1610. The number of anilines is 4. The summed E-state index contributed by atoms with van der Waals surface area (Å²) in [6.45, 7) is 17.7. The molecule has 5 nitrogen and oxygen atoms in total. The third-order valence-electron chi connectivity index (χ3n) is 8.58. The van der Waals surface area contributed by atoms with Crippen molar-refractivity contribution >= 4 is 23.0 Å². The van der Waals surface area contributed by atoms with Crippen LogP contribution < -0.4 is 14.5 Å². The molecule has 0 atom stereocenters. The number of ether oxygens (including phenoxy) is 1.